The van der Waals surface area contributed by atoms with Crippen LogP contribution in [0.5, 0.6) is 0 Å². The lowest BCUT2D eigenvalue weighted by Gasteiger charge is -2.36. The van der Waals surface area contributed by atoms with Crippen LogP contribution in [0.4, 0.5) is 5.82 Å². The van der Waals surface area contributed by atoms with Gasteiger partial charge in [0.05, 0.1) is 10.7 Å². The van der Waals surface area contributed by atoms with E-state index in [-0.39, 0.29) is 0 Å². The molecule has 1 aliphatic heterocycles. The maximum Gasteiger partial charge on any atom is 0.137 e. The highest BCUT2D eigenvalue weighted by atomic mass is 35.5. The lowest BCUT2D eigenvalue weighted by molar-refractivity contribution is 0.246. The number of piperazine rings is 1. The zero-order valence-electron chi connectivity index (χ0n) is 14.0. The first-order chi connectivity index (χ1) is 11.6. The van der Waals surface area contributed by atoms with Crippen molar-refractivity contribution in [3.05, 3.63) is 45.6 Å². The second-order valence-corrected chi connectivity index (χ2v) is 6.76. The van der Waals surface area contributed by atoms with Crippen LogP contribution in [-0.2, 0) is 13.0 Å². The average molecular weight is 366 g/mol. The molecule has 0 saturated carbocycles. The highest BCUT2D eigenvalue weighted by molar-refractivity contribution is 6.30. The predicted molar refractivity (Wildman–Crippen MR) is 97.9 cm³/mol. The Kier molecular flexibility index (Phi) is 5.54. The SMILES string of the molecule is CCc1nc(Cl)c(C)c(N2CCN(Cc3ccc(Cl)cn3)CC2)n1. The Labute approximate surface area is 152 Å². The summed E-state index contributed by atoms with van der Waals surface area (Å²) >= 11 is 12.1. The Bertz CT molecular complexity index is 697. The molecule has 0 bridgehead atoms. The van der Waals surface area contributed by atoms with E-state index in [0.717, 1.165) is 62.0 Å². The van der Waals surface area contributed by atoms with E-state index in [1.165, 1.54) is 0 Å². The topological polar surface area (TPSA) is 45.2 Å². The number of rotatable bonds is 4. The van der Waals surface area contributed by atoms with Crippen molar-refractivity contribution in [2.75, 3.05) is 31.1 Å². The third-order valence-electron chi connectivity index (χ3n) is 4.27. The summed E-state index contributed by atoms with van der Waals surface area (Å²) in [7, 11) is 0. The van der Waals surface area contributed by atoms with Gasteiger partial charge < -0.3 is 4.90 Å². The highest BCUT2D eigenvalue weighted by Gasteiger charge is 2.21. The van der Waals surface area contributed by atoms with E-state index in [1.54, 1.807) is 6.20 Å². The van der Waals surface area contributed by atoms with Gasteiger partial charge in [-0.2, -0.15) is 0 Å². The summed E-state index contributed by atoms with van der Waals surface area (Å²) in [5.41, 5.74) is 2.00. The molecule has 7 heteroatoms. The minimum atomic E-state index is 0.560. The van der Waals surface area contributed by atoms with Crippen molar-refractivity contribution in [3.8, 4) is 0 Å². The fourth-order valence-corrected chi connectivity index (χ4v) is 3.13. The minimum Gasteiger partial charge on any atom is -0.354 e. The van der Waals surface area contributed by atoms with Crippen LogP contribution in [0.15, 0.2) is 18.3 Å². The van der Waals surface area contributed by atoms with Crippen LogP contribution in [0, 0.1) is 6.92 Å². The Balaban J connectivity index is 1.65. The highest BCUT2D eigenvalue weighted by Crippen LogP contribution is 2.25. The lowest BCUT2D eigenvalue weighted by Crippen LogP contribution is -2.46. The lowest BCUT2D eigenvalue weighted by atomic mass is 10.2. The number of pyridine rings is 1. The zero-order chi connectivity index (χ0) is 17.1. The largest absolute Gasteiger partial charge is 0.354 e. The summed E-state index contributed by atoms with van der Waals surface area (Å²) in [6.45, 7) is 8.65. The molecule has 128 valence electrons. The molecule has 0 radical (unpaired) electrons. The third-order valence-corrected chi connectivity index (χ3v) is 4.86. The number of anilines is 1. The summed E-state index contributed by atoms with van der Waals surface area (Å²) in [4.78, 5) is 18.1. The van der Waals surface area contributed by atoms with E-state index in [9.17, 15) is 0 Å². The second-order valence-electron chi connectivity index (χ2n) is 5.96. The Morgan fingerprint density at radius 1 is 1.08 bits per heavy atom. The van der Waals surface area contributed by atoms with E-state index in [4.69, 9.17) is 23.2 Å². The molecular formula is C17H21Cl2N5. The molecule has 0 amide bonds. The zero-order valence-corrected chi connectivity index (χ0v) is 15.5. The van der Waals surface area contributed by atoms with E-state index < -0.39 is 0 Å². The molecule has 2 aromatic rings. The maximum atomic E-state index is 6.26. The molecule has 0 aliphatic carbocycles. The summed E-state index contributed by atoms with van der Waals surface area (Å²) in [6.07, 6.45) is 2.49. The van der Waals surface area contributed by atoms with Gasteiger partial charge in [0.15, 0.2) is 0 Å². The first-order valence-electron chi connectivity index (χ1n) is 8.17. The van der Waals surface area contributed by atoms with Crippen LogP contribution < -0.4 is 4.90 Å². The monoisotopic (exact) mass is 365 g/mol. The molecular weight excluding hydrogens is 345 g/mol. The van der Waals surface area contributed by atoms with Gasteiger partial charge in [-0.05, 0) is 19.1 Å². The van der Waals surface area contributed by atoms with Gasteiger partial charge in [0.25, 0.3) is 0 Å². The van der Waals surface area contributed by atoms with Crippen LogP contribution in [0.2, 0.25) is 10.2 Å². The minimum absolute atomic E-state index is 0.560. The molecule has 0 unspecified atom stereocenters. The molecule has 0 aromatic carbocycles. The van der Waals surface area contributed by atoms with Crippen LogP contribution >= 0.6 is 23.2 Å². The van der Waals surface area contributed by atoms with Gasteiger partial charge in [0.1, 0.15) is 16.8 Å². The van der Waals surface area contributed by atoms with Crippen LogP contribution in [0.1, 0.15) is 24.0 Å². The van der Waals surface area contributed by atoms with Gasteiger partial charge in [0.2, 0.25) is 0 Å². The van der Waals surface area contributed by atoms with Gasteiger partial charge in [-0.25, -0.2) is 9.97 Å². The number of aromatic nitrogens is 3. The molecule has 24 heavy (non-hydrogen) atoms. The van der Waals surface area contributed by atoms with Crippen molar-refractivity contribution in [2.24, 2.45) is 0 Å². The smallest absolute Gasteiger partial charge is 0.137 e. The van der Waals surface area contributed by atoms with E-state index >= 15 is 0 Å². The van der Waals surface area contributed by atoms with Crippen LogP contribution in [0.3, 0.4) is 0 Å². The number of hydrogen-bond acceptors (Lipinski definition) is 5. The Morgan fingerprint density at radius 2 is 1.83 bits per heavy atom. The first-order valence-corrected chi connectivity index (χ1v) is 8.93. The van der Waals surface area contributed by atoms with Crippen molar-refractivity contribution < 1.29 is 0 Å². The Hall–Kier alpha value is -1.43. The van der Waals surface area contributed by atoms with Gasteiger partial charge in [0, 0.05) is 50.9 Å². The summed E-state index contributed by atoms with van der Waals surface area (Å²) in [5, 5.41) is 1.23. The van der Waals surface area contributed by atoms with Crippen LogP contribution in [-0.4, -0.2) is 46.0 Å². The molecule has 3 rings (SSSR count). The number of aryl methyl sites for hydroxylation is 1. The maximum absolute atomic E-state index is 6.26. The molecule has 3 heterocycles. The molecule has 1 saturated heterocycles. The molecule has 0 N–H and O–H groups in total. The molecule has 0 spiro atoms. The van der Waals surface area contributed by atoms with Crippen molar-refractivity contribution in [1.82, 2.24) is 19.9 Å². The first kappa shape index (κ1) is 17.4. The summed E-state index contributed by atoms with van der Waals surface area (Å²) in [6, 6.07) is 3.87. The summed E-state index contributed by atoms with van der Waals surface area (Å²) in [5.74, 6) is 1.77. The fraction of sp³-hybridized carbons (Fsp3) is 0.471. The van der Waals surface area contributed by atoms with Crippen molar-refractivity contribution >= 4 is 29.0 Å². The fourth-order valence-electron chi connectivity index (χ4n) is 2.83. The standard InChI is InChI=1S/C17H21Cl2N5/c1-3-15-21-16(19)12(2)17(22-15)24-8-6-23(7-9-24)11-14-5-4-13(18)10-20-14/h4-5,10H,3,6-9,11H2,1-2H3. The molecule has 1 fully saturated rings. The van der Waals surface area contributed by atoms with Crippen molar-refractivity contribution in [2.45, 2.75) is 26.8 Å². The molecule has 1 aliphatic rings. The van der Waals surface area contributed by atoms with Gasteiger partial charge in [-0.15, -0.1) is 0 Å². The van der Waals surface area contributed by atoms with E-state index in [1.807, 2.05) is 26.0 Å². The third kappa shape index (κ3) is 3.97. The Morgan fingerprint density at radius 3 is 2.46 bits per heavy atom. The van der Waals surface area contributed by atoms with Gasteiger partial charge >= 0.3 is 0 Å². The van der Waals surface area contributed by atoms with E-state index in [2.05, 4.69) is 24.8 Å². The van der Waals surface area contributed by atoms with Crippen molar-refractivity contribution in [1.29, 1.82) is 0 Å². The predicted octanol–water partition coefficient (Wildman–Crippen LogP) is 3.37. The number of nitrogens with zero attached hydrogens (tertiary/aromatic N) is 5. The molecule has 0 atom stereocenters. The van der Waals surface area contributed by atoms with E-state index in [0.29, 0.717) is 10.2 Å². The summed E-state index contributed by atoms with van der Waals surface area (Å²) < 4.78 is 0. The number of halogens is 2. The van der Waals surface area contributed by atoms with Gasteiger partial charge in [-0.1, -0.05) is 30.1 Å². The van der Waals surface area contributed by atoms with Gasteiger partial charge in [-0.3, -0.25) is 9.88 Å². The molecule has 5 nitrogen and oxygen atoms in total. The second kappa shape index (κ2) is 7.64. The normalized spacial score (nSPS) is 15.8. The average Bonchev–Trinajstić information content (AvgIpc) is 2.60. The quantitative estimate of drug-likeness (QED) is 0.777. The van der Waals surface area contributed by atoms with Crippen molar-refractivity contribution in [3.63, 3.8) is 0 Å². The molecule has 2 aromatic heterocycles. The number of hydrogen-bond donors (Lipinski definition) is 0. The van der Waals surface area contributed by atoms with Crippen LogP contribution in [0.25, 0.3) is 0 Å².